The number of hydrogen-bond donors (Lipinski definition) is 2. The molecule has 0 heterocycles. The van der Waals surface area contributed by atoms with Crippen molar-refractivity contribution >= 4 is 0 Å². The Labute approximate surface area is 101 Å². The molecular weight excluding hydrogens is 198 g/mol. The molecule has 4 unspecified atom stereocenters. The van der Waals surface area contributed by atoms with E-state index in [4.69, 9.17) is 0 Å². The second-order valence-electron chi connectivity index (χ2n) is 5.98. The largest absolute Gasteiger partial charge is 0.389 e. The zero-order valence-corrected chi connectivity index (χ0v) is 11.4. The molecule has 96 valence electrons. The molecule has 0 bridgehead atoms. The molecule has 0 radical (unpaired) electrons. The van der Waals surface area contributed by atoms with E-state index < -0.39 is 5.60 Å². The molecule has 0 saturated heterocycles. The molecule has 0 aromatic rings. The first kappa shape index (κ1) is 14.0. The standard InChI is InChI=1S/C14H29NO/c1-5-12(3)13(4)15-10-14(16)8-6-7-11(2)9-14/h11-13,15-16H,5-10H2,1-4H3. The van der Waals surface area contributed by atoms with E-state index >= 15 is 0 Å². The summed E-state index contributed by atoms with van der Waals surface area (Å²) in [6.45, 7) is 9.74. The Morgan fingerprint density at radius 2 is 2.12 bits per heavy atom. The van der Waals surface area contributed by atoms with E-state index in [0.717, 1.165) is 19.4 Å². The van der Waals surface area contributed by atoms with Crippen LogP contribution in [-0.4, -0.2) is 23.3 Å². The first-order chi connectivity index (χ1) is 7.47. The molecule has 2 nitrogen and oxygen atoms in total. The highest BCUT2D eigenvalue weighted by atomic mass is 16.3. The average Bonchev–Trinajstić information content (AvgIpc) is 2.24. The Kier molecular flexibility index (Phi) is 5.26. The number of aliphatic hydroxyl groups is 1. The SMILES string of the molecule is CCC(C)C(C)NCC1(O)CCCC(C)C1. The minimum absolute atomic E-state index is 0.445. The number of rotatable bonds is 5. The molecule has 0 amide bonds. The van der Waals surface area contributed by atoms with Gasteiger partial charge in [0.25, 0.3) is 0 Å². The van der Waals surface area contributed by atoms with Crippen LogP contribution < -0.4 is 5.32 Å². The predicted octanol–water partition coefficient (Wildman–Crippen LogP) is 2.95. The summed E-state index contributed by atoms with van der Waals surface area (Å²) in [4.78, 5) is 0. The second kappa shape index (κ2) is 6.02. The van der Waals surface area contributed by atoms with Gasteiger partial charge in [0.1, 0.15) is 0 Å². The predicted molar refractivity (Wildman–Crippen MR) is 69.5 cm³/mol. The van der Waals surface area contributed by atoms with Crippen molar-refractivity contribution in [3.63, 3.8) is 0 Å². The van der Waals surface area contributed by atoms with Crippen molar-refractivity contribution in [3.8, 4) is 0 Å². The third kappa shape index (κ3) is 4.06. The summed E-state index contributed by atoms with van der Waals surface area (Å²) >= 11 is 0. The fraction of sp³-hybridized carbons (Fsp3) is 1.00. The Morgan fingerprint density at radius 1 is 1.44 bits per heavy atom. The highest BCUT2D eigenvalue weighted by molar-refractivity contribution is 4.88. The van der Waals surface area contributed by atoms with Gasteiger partial charge in [0.2, 0.25) is 0 Å². The lowest BCUT2D eigenvalue weighted by molar-refractivity contribution is -0.0145. The Morgan fingerprint density at radius 3 is 2.69 bits per heavy atom. The fourth-order valence-electron chi connectivity index (χ4n) is 2.70. The van der Waals surface area contributed by atoms with Gasteiger partial charge in [-0.2, -0.15) is 0 Å². The molecule has 1 aliphatic carbocycles. The van der Waals surface area contributed by atoms with Crippen molar-refractivity contribution in [2.75, 3.05) is 6.54 Å². The van der Waals surface area contributed by atoms with Crippen molar-refractivity contribution in [1.82, 2.24) is 5.32 Å². The van der Waals surface area contributed by atoms with Gasteiger partial charge in [-0.1, -0.05) is 40.0 Å². The molecule has 0 spiro atoms. The maximum absolute atomic E-state index is 10.5. The summed E-state index contributed by atoms with van der Waals surface area (Å²) in [5, 5.41) is 14.0. The molecule has 1 saturated carbocycles. The van der Waals surface area contributed by atoms with E-state index in [1.807, 2.05) is 0 Å². The molecular formula is C14H29NO. The zero-order valence-electron chi connectivity index (χ0n) is 11.4. The van der Waals surface area contributed by atoms with Gasteiger partial charge in [-0.3, -0.25) is 0 Å². The van der Waals surface area contributed by atoms with Gasteiger partial charge < -0.3 is 10.4 Å². The molecule has 2 heteroatoms. The first-order valence-electron chi connectivity index (χ1n) is 6.92. The highest BCUT2D eigenvalue weighted by Crippen LogP contribution is 2.31. The van der Waals surface area contributed by atoms with Gasteiger partial charge in [-0.15, -0.1) is 0 Å². The molecule has 1 rings (SSSR count). The minimum Gasteiger partial charge on any atom is -0.389 e. The smallest absolute Gasteiger partial charge is 0.0774 e. The molecule has 1 aliphatic rings. The van der Waals surface area contributed by atoms with E-state index in [0.29, 0.717) is 17.9 Å². The van der Waals surface area contributed by atoms with E-state index in [1.165, 1.54) is 19.3 Å². The number of hydrogen-bond acceptors (Lipinski definition) is 2. The van der Waals surface area contributed by atoms with E-state index in [9.17, 15) is 5.11 Å². The molecule has 16 heavy (non-hydrogen) atoms. The lowest BCUT2D eigenvalue weighted by Gasteiger charge is -2.37. The zero-order chi connectivity index (χ0) is 12.2. The van der Waals surface area contributed by atoms with Crippen molar-refractivity contribution in [3.05, 3.63) is 0 Å². The van der Waals surface area contributed by atoms with Crippen LogP contribution in [0.15, 0.2) is 0 Å². The maximum Gasteiger partial charge on any atom is 0.0774 e. The first-order valence-corrected chi connectivity index (χ1v) is 6.92. The second-order valence-corrected chi connectivity index (χ2v) is 5.98. The Bertz CT molecular complexity index is 207. The fourth-order valence-corrected chi connectivity index (χ4v) is 2.70. The van der Waals surface area contributed by atoms with Crippen LogP contribution >= 0.6 is 0 Å². The third-order valence-electron chi connectivity index (χ3n) is 4.32. The lowest BCUT2D eigenvalue weighted by Crippen LogP contribution is -2.47. The van der Waals surface area contributed by atoms with Crippen LogP contribution in [0.4, 0.5) is 0 Å². The van der Waals surface area contributed by atoms with Crippen LogP contribution in [0, 0.1) is 11.8 Å². The van der Waals surface area contributed by atoms with Gasteiger partial charge in [0, 0.05) is 12.6 Å². The normalized spacial score (nSPS) is 34.7. The van der Waals surface area contributed by atoms with Gasteiger partial charge in [-0.05, 0) is 31.6 Å². The van der Waals surface area contributed by atoms with Crippen molar-refractivity contribution in [2.24, 2.45) is 11.8 Å². The van der Waals surface area contributed by atoms with Gasteiger partial charge in [-0.25, -0.2) is 0 Å². The molecule has 0 aromatic heterocycles. The Hall–Kier alpha value is -0.0800. The lowest BCUT2D eigenvalue weighted by atomic mass is 9.78. The molecule has 0 aliphatic heterocycles. The topological polar surface area (TPSA) is 32.3 Å². The summed E-state index contributed by atoms with van der Waals surface area (Å²) in [6, 6.07) is 0.506. The van der Waals surface area contributed by atoms with Crippen molar-refractivity contribution in [1.29, 1.82) is 0 Å². The van der Waals surface area contributed by atoms with Crippen LogP contribution in [0.5, 0.6) is 0 Å². The molecule has 4 atom stereocenters. The average molecular weight is 227 g/mol. The molecule has 2 N–H and O–H groups in total. The third-order valence-corrected chi connectivity index (χ3v) is 4.32. The summed E-state index contributed by atoms with van der Waals surface area (Å²) in [5.74, 6) is 1.36. The summed E-state index contributed by atoms with van der Waals surface area (Å²) < 4.78 is 0. The highest BCUT2D eigenvalue weighted by Gasteiger charge is 2.32. The monoisotopic (exact) mass is 227 g/mol. The van der Waals surface area contributed by atoms with E-state index in [-0.39, 0.29) is 0 Å². The van der Waals surface area contributed by atoms with Crippen molar-refractivity contribution < 1.29 is 5.11 Å². The van der Waals surface area contributed by atoms with Crippen molar-refractivity contribution in [2.45, 2.75) is 71.4 Å². The van der Waals surface area contributed by atoms with Gasteiger partial charge in [0.15, 0.2) is 0 Å². The Balaban J connectivity index is 2.35. The maximum atomic E-state index is 10.5. The molecule has 0 aromatic carbocycles. The van der Waals surface area contributed by atoms with Gasteiger partial charge >= 0.3 is 0 Å². The summed E-state index contributed by atoms with van der Waals surface area (Å²) in [7, 11) is 0. The van der Waals surface area contributed by atoms with Crippen LogP contribution in [0.2, 0.25) is 0 Å². The minimum atomic E-state index is -0.445. The summed E-state index contributed by atoms with van der Waals surface area (Å²) in [6.07, 6.45) is 5.59. The quantitative estimate of drug-likeness (QED) is 0.757. The van der Waals surface area contributed by atoms with Crippen LogP contribution in [-0.2, 0) is 0 Å². The summed E-state index contributed by atoms with van der Waals surface area (Å²) in [5.41, 5.74) is -0.445. The van der Waals surface area contributed by atoms with Crippen LogP contribution in [0.1, 0.15) is 59.8 Å². The van der Waals surface area contributed by atoms with E-state index in [2.05, 4.69) is 33.0 Å². The number of nitrogens with one attached hydrogen (secondary N) is 1. The van der Waals surface area contributed by atoms with Crippen LogP contribution in [0.25, 0.3) is 0 Å². The van der Waals surface area contributed by atoms with E-state index in [1.54, 1.807) is 0 Å². The molecule has 1 fully saturated rings. The van der Waals surface area contributed by atoms with Gasteiger partial charge in [0.05, 0.1) is 5.60 Å². The van der Waals surface area contributed by atoms with Crippen LogP contribution in [0.3, 0.4) is 0 Å².